The lowest BCUT2D eigenvalue weighted by Crippen LogP contribution is -2.21. The fourth-order valence-electron chi connectivity index (χ4n) is 0.274. The first kappa shape index (κ1) is 7.43. The summed E-state index contributed by atoms with van der Waals surface area (Å²) in [6, 6.07) is 0. The number of rotatable bonds is 3. The van der Waals surface area contributed by atoms with Crippen LogP contribution in [0.5, 0.6) is 0 Å². The van der Waals surface area contributed by atoms with Gasteiger partial charge in [-0.3, -0.25) is 4.79 Å². The molecule has 0 saturated heterocycles. The zero-order chi connectivity index (χ0) is 6.57. The SMILES string of the molecule is C[C@@H]([CH]CO)C(N)=O. The lowest BCUT2D eigenvalue weighted by atomic mass is 10.1. The van der Waals surface area contributed by atoms with Crippen LogP contribution in [0.2, 0.25) is 0 Å². The van der Waals surface area contributed by atoms with Gasteiger partial charge in [-0.15, -0.1) is 0 Å². The molecule has 0 rings (SSSR count). The van der Waals surface area contributed by atoms with Gasteiger partial charge in [-0.1, -0.05) is 6.92 Å². The summed E-state index contributed by atoms with van der Waals surface area (Å²) in [6.45, 7) is 1.54. The van der Waals surface area contributed by atoms with E-state index < -0.39 is 5.91 Å². The summed E-state index contributed by atoms with van der Waals surface area (Å²) in [5.74, 6) is -0.723. The minimum atomic E-state index is -0.404. The van der Waals surface area contributed by atoms with Gasteiger partial charge in [0.15, 0.2) is 0 Å². The van der Waals surface area contributed by atoms with E-state index in [1.54, 1.807) is 6.92 Å². The molecule has 1 radical (unpaired) electrons. The quantitative estimate of drug-likeness (QED) is 0.512. The van der Waals surface area contributed by atoms with Crippen LogP contribution in [0.1, 0.15) is 6.92 Å². The zero-order valence-corrected chi connectivity index (χ0v) is 4.79. The molecule has 0 aromatic heterocycles. The number of carbonyl (C=O) groups excluding carboxylic acids is 1. The first-order valence-electron chi connectivity index (χ1n) is 2.42. The monoisotopic (exact) mass is 116 g/mol. The van der Waals surface area contributed by atoms with Crippen molar-refractivity contribution in [2.45, 2.75) is 6.92 Å². The molecule has 0 aliphatic rings. The van der Waals surface area contributed by atoms with Gasteiger partial charge in [0.2, 0.25) is 5.91 Å². The van der Waals surface area contributed by atoms with Crippen molar-refractivity contribution in [2.24, 2.45) is 11.7 Å². The number of hydrogen-bond acceptors (Lipinski definition) is 2. The highest BCUT2D eigenvalue weighted by molar-refractivity contribution is 5.77. The minimum Gasteiger partial charge on any atom is -0.396 e. The fraction of sp³-hybridized carbons (Fsp3) is 0.600. The van der Waals surface area contributed by atoms with E-state index in [9.17, 15) is 4.79 Å². The predicted molar refractivity (Wildman–Crippen MR) is 29.7 cm³/mol. The Hall–Kier alpha value is -0.570. The molecule has 1 amide bonds. The fourth-order valence-corrected chi connectivity index (χ4v) is 0.274. The molecule has 0 aromatic rings. The van der Waals surface area contributed by atoms with Crippen molar-refractivity contribution >= 4 is 5.91 Å². The number of aliphatic hydroxyl groups excluding tert-OH is 1. The van der Waals surface area contributed by atoms with E-state index in [1.807, 2.05) is 0 Å². The third-order valence-corrected chi connectivity index (χ3v) is 0.908. The lowest BCUT2D eigenvalue weighted by molar-refractivity contribution is -0.120. The molecule has 3 nitrogen and oxygen atoms in total. The van der Waals surface area contributed by atoms with Gasteiger partial charge in [0, 0.05) is 12.5 Å². The molecule has 47 valence electrons. The Balaban J connectivity index is 3.32. The van der Waals surface area contributed by atoms with E-state index in [-0.39, 0.29) is 12.5 Å². The Labute approximate surface area is 48.5 Å². The molecule has 0 bridgehead atoms. The summed E-state index contributed by atoms with van der Waals surface area (Å²) in [5, 5.41) is 8.22. The van der Waals surface area contributed by atoms with Gasteiger partial charge in [0.1, 0.15) is 0 Å². The van der Waals surface area contributed by atoms with Crippen molar-refractivity contribution in [1.82, 2.24) is 0 Å². The van der Waals surface area contributed by atoms with Gasteiger partial charge >= 0.3 is 0 Å². The van der Waals surface area contributed by atoms with E-state index in [1.165, 1.54) is 6.42 Å². The summed E-state index contributed by atoms with van der Waals surface area (Å²) in [7, 11) is 0. The van der Waals surface area contributed by atoms with Gasteiger partial charge in [0.25, 0.3) is 0 Å². The van der Waals surface area contributed by atoms with Gasteiger partial charge in [-0.05, 0) is 6.42 Å². The summed E-state index contributed by atoms with van der Waals surface area (Å²) in [4.78, 5) is 10.2. The second-order valence-corrected chi connectivity index (χ2v) is 1.61. The Morgan fingerprint density at radius 2 is 2.50 bits per heavy atom. The standard InChI is InChI=1S/C5H10NO2/c1-4(2-3-7)5(6)8/h2,4,7H,3H2,1H3,(H2,6,8)/t4-/m0/s1. The van der Waals surface area contributed by atoms with Crippen LogP contribution in [0.15, 0.2) is 0 Å². The number of hydrogen-bond donors (Lipinski definition) is 2. The summed E-state index contributed by atoms with van der Waals surface area (Å²) >= 11 is 0. The molecule has 0 heterocycles. The van der Waals surface area contributed by atoms with Gasteiger partial charge in [0.05, 0.1) is 0 Å². The molecule has 0 aromatic carbocycles. The minimum absolute atomic E-state index is 0.0931. The molecular formula is C5H10NO2. The Morgan fingerprint density at radius 1 is 2.00 bits per heavy atom. The molecule has 0 fully saturated rings. The Kier molecular flexibility index (Phi) is 3.19. The van der Waals surface area contributed by atoms with Crippen LogP contribution in [-0.2, 0) is 4.79 Å². The Morgan fingerprint density at radius 3 is 2.62 bits per heavy atom. The maximum Gasteiger partial charge on any atom is 0.220 e. The largest absolute Gasteiger partial charge is 0.396 e. The topological polar surface area (TPSA) is 63.3 Å². The van der Waals surface area contributed by atoms with Crippen LogP contribution >= 0.6 is 0 Å². The normalized spacial score (nSPS) is 13.2. The highest BCUT2D eigenvalue weighted by Gasteiger charge is 2.05. The summed E-state index contributed by atoms with van der Waals surface area (Å²) in [6.07, 6.45) is 1.45. The van der Waals surface area contributed by atoms with Crippen LogP contribution in [0.25, 0.3) is 0 Å². The van der Waals surface area contributed by atoms with Crippen molar-refractivity contribution in [1.29, 1.82) is 0 Å². The van der Waals surface area contributed by atoms with E-state index in [0.29, 0.717) is 0 Å². The smallest absolute Gasteiger partial charge is 0.220 e. The molecule has 3 heteroatoms. The van der Waals surface area contributed by atoms with Gasteiger partial charge in [-0.2, -0.15) is 0 Å². The number of carbonyl (C=O) groups is 1. The van der Waals surface area contributed by atoms with E-state index in [0.717, 1.165) is 0 Å². The first-order chi connectivity index (χ1) is 3.68. The second-order valence-electron chi connectivity index (χ2n) is 1.61. The van der Waals surface area contributed by atoms with E-state index >= 15 is 0 Å². The maximum absolute atomic E-state index is 10.2. The number of aliphatic hydroxyl groups is 1. The van der Waals surface area contributed by atoms with Crippen molar-refractivity contribution in [3.63, 3.8) is 0 Å². The molecule has 0 spiro atoms. The predicted octanol–water partition coefficient (Wildman–Crippen LogP) is -0.696. The molecule has 0 saturated carbocycles. The van der Waals surface area contributed by atoms with Crippen LogP contribution in [0.3, 0.4) is 0 Å². The molecule has 0 aliphatic carbocycles. The highest BCUT2D eigenvalue weighted by Crippen LogP contribution is 1.95. The van der Waals surface area contributed by atoms with Gasteiger partial charge < -0.3 is 10.8 Å². The average Bonchev–Trinajstić information content (AvgIpc) is 1.67. The van der Waals surface area contributed by atoms with Crippen LogP contribution < -0.4 is 5.73 Å². The molecule has 3 N–H and O–H groups in total. The average molecular weight is 116 g/mol. The summed E-state index contributed by atoms with van der Waals surface area (Å²) in [5.41, 5.74) is 4.84. The molecular weight excluding hydrogens is 106 g/mol. The third-order valence-electron chi connectivity index (χ3n) is 0.908. The van der Waals surface area contributed by atoms with Crippen LogP contribution in [0.4, 0.5) is 0 Å². The number of amides is 1. The van der Waals surface area contributed by atoms with E-state index in [4.69, 9.17) is 10.8 Å². The Bertz CT molecular complexity index is 82.5. The first-order valence-corrected chi connectivity index (χ1v) is 2.42. The van der Waals surface area contributed by atoms with Gasteiger partial charge in [-0.25, -0.2) is 0 Å². The summed E-state index contributed by atoms with van der Waals surface area (Å²) < 4.78 is 0. The molecule has 0 unspecified atom stereocenters. The van der Waals surface area contributed by atoms with Crippen LogP contribution in [0, 0.1) is 12.3 Å². The van der Waals surface area contributed by atoms with Crippen molar-refractivity contribution < 1.29 is 9.90 Å². The molecule has 8 heavy (non-hydrogen) atoms. The maximum atomic E-state index is 10.2. The van der Waals surface area contributed by atoms with Crippen LogP contribution in [-0.4, -0.2) is 17.6 Å². The van der Waals surface area contributed by atoms with Crippen molar-refractivity contribution in [3.8, 4) is 0 Å². The van der Waals surface area contributed by atoms with Crippen molar-refractivity contribution in [2.75, 3.05) is 6.61 Å². The highest BCUT2D eigenvalue weighted by atomic mass is 16.3. The molecule has 0 aliphatic heterocycles. The third kappa shape index (κ3) is 2.58. The second kappa shape index (κ2) is 3.43. The van der Waals surface area contributed by atoms with E-state index in [2.05, 4.69) is 0 Å². The number of primary amides is 1. The van der Waals surface area contributed by atoms with Crippen molar-refractivity contribution in [3.05, 3.63) is 6.42 Å². The zero-order valence-electron chi connectivity index (χ0n) is 4.79. The number of nitrogens with two attached hydrogens (primary N) is 1. The molecule has 1 atom stereocenters. The lowest BCUT2D eigenvalue weighted by Gasteiger charge is -2.00.